The van der Waals surface area contributed by atoms with Crippen LogP contribution in [0.4, 0.5) is 0 Å². The second-order valence-electron chi connectivity index (χ2n) is 4.93. The lowest BCUT2D eigenvalue weighted by molar-refractivity contribution is -0.164. The highest BCUT2D eigenvalue weighted by Crippen LogP contribution is 2.15. The van der Waals surface area contributed by atoms with Crippen LogP contribution >= 0.6 is 0 Å². The lowest BCUT2D eigenvalue weighted by Crippen LogP contribution is -2.35. The zero-order chi connectivity index (χ0) is 16.5. The van der Waals surface area contributed by atoms with E-state index in [0.29, 0.717) is 12.2 Å². The molecule has 0 radical (unpaired) electrons. The standard InChI is InChI=1S/C18H19NO4/c1-19-13-17(20)23-18(21)16(12-14-8-4-2-5-9-14)22-15-10-6-3-7-11-15/h2-11,16,19H,12-13H2,1H3. The molecule has 23 heavy (non-hydrogen) atoms. The molecule has 0 aromatic heterocycles. The highest BCUT2D eigenvalue weighted by Gasteiger charge is 2.25. The number of nitrogens with one attached hydrogen (secondary N) is 1. The van der Waals surface area contributed by atoms with Crippen LogP contribution < -0.4 is 10.1 Å². The number of rotatable bonds is 7. The molecule has 0 amide bonds. The molecule has 0 spiro atoms. The van der Waals surface area contributed by atoms with E-state index < -0.39 is 18.0 Å². The van der Waals surface area contributed by atoms with E-state index in [4.69, 9.17) is 9.47 Å². The van der Waals surface area contributed by atoms with E-state index in [2.05, 4.69) is 5.32 Å². The van der Waals surface area contributed by atoms with E-state index in [1.54, 1.807) is 19.2 Å². The number of esters is 2. The number of carbonyl (C=O) groups excluding carboxylic acids is 2. The Morgan fingerprint density at radius 3 is 2.22 bits per heavy atom. The molecule has 0 bridgehead atoms. The Kier molecular flexibility index (Phi) is 6.32. The third-order valence-electron chi connectivity index (χ3n) is 3.08. The van der Waals surface area contributed by atoms with Crippen molar-refractivity contribution in [1.82, 2.24) is 5.32 Å². The van der Waals surface area contributed by atoms with Crippen LogP contribution in [0.1, 0.15) is 5.56 Å². The van der Waals surface area contributed by atoms with Crippen molar-refractivity contribution in [3.8, 4) is 5.75 Å². The largest absolute Gasteiger partial charge is 0.478 e. The van der Waals surface area contributed by atoms with Crippen LogP contribution in [-0.2, 0) is 20.7 Å². The zero-order valence-electron chi connectivity index (χ0n) is 12.9. The number of hydrogen-bond donors (Lipinski definition) is 1. The van der Waals surface area contributed by atoms with E-state index >= 15 is 0 Å². The van der Waals surface area contributed by atoms with Crippen LogP contribution in [0.15, 0.2) is 60.7 Å². The molecular weight excluding hydrogens is 294 g/mol. The summed E-state index contributed by atoms with van der Waals surface area (Å²) >= 11 is 0. The molecule has 2 rings (SSSR count). The number of carbonyl (C=O) groups is 2. The monoisotopic (exact) mass is 313 g/mol. The van der Waals surface area contributed by atoms with Gasteiger partial charge in [-0.3, -0.25) is 4.79 Å². The van der Waals surface area contributed by atoms with E-state index in [-0.39, 0.29) is 6.54 Å². The van der Waals surface area contributed by atoms with Gasteiger partial charge in [0.1, 0.15) is 5.75 Å². The molecule has 1 atom stereocenters. The predicted octanol–water partition coefficient (Wildman–Crippen LogP) is 1.97. The molecule has 0 heterocycles. The van der Waals surface area contributed by atoms with Gasteiger partial charge in [0, 0.05) is 6.42 Å². The van der Waals surface area contributed by atoms with Crippen LogP contribution in [0.5, 0.6) is 5.75 Å². The molecule has 2 aromatic carbocycles. The lowest BCUT2D eigenvalue weighted by Gasteiger charge is -2.17. The minimum atomic E-state index is -0.888. The maximum Gasteiger partial charge on any atom is 0.355 e. The maximum absolute atomic E-state index is 12.2. The smallest absolute Gasteiger partial charge is 0.355 e. The second kappa shape index (κ2) is 8.70. The molecule has 0 fully saturated rings. The molecule has 0 aliphatic carbocycles. The van der Waals surface area contributed by atoms with Gasteiger partial charge in [-0.2, -0.15) is 0 Å². The van der Waals surface area contributed by atoms with Crippen molar-refractivity contribution in [2.45, 2.75) is 12.5 Å². The Morgan fingerprint density at radius 1 is 1.00 bits per heavy atom. The highest BCUT2D eigenvalue weighted by molar-refractivity contribution is 5.89. The fourth-order valence-electron chi connectivity index (χ4n) is 2.02. The molecule has 5 heteroatoms. The summed E-state index contributed by atoms with van der Waals surface area (Å²) in [5, 5.41) is 2.64. The summed E-state index contributed by atoms with van der Waals surface area (Å²) < 4.78 is 10.5. The topological polar surface area (TPSA) is 64.6 Å². The summed E-state index contributed by atoms with van der Waals surface area (Å²) in [6.45, 7) is -0.0326. The minimum Gasteiger partial charge on any atom is -0.478 e. The van der Waals surface area contributed by atoms with Crippen LogP contribution in [0.2, 0.25) is 0 Å². The fourth-order valence-corrected chi connectivity index (χ4v) is 2.02. The van der Waals surface area contributed by atoms with Crippen LogP contribution in [0.3, 0.4) is 0 Å². The van der Waals surface area contributed by atoms with Gasteiger partial charge < -0.3 is 14.8 Å². The molecule has 0 saturated heterocycles. The zero-order valence-corrected chi connectivity index (χ0v) is 12.9. The van der Waals surface area contributed by atoms with Gasteiger partial charge in [-0.1, -0.05) is 48.5 Å². The summed E-state index contributed by atoms with van der Waals surface area (Å²) in [5.74, 6) is -0.781. The third kappa shape index (κ3) is 5.56. The van der Waals surface area contributed by atoms with Crippen molar-refractivity contribution >= 4 is 11.9 Å². The second-order valence-corrected chi connectivity index (χ2v) is 4.93. The van der Waals surface area contributed by atoms with Crippen molar-refractivity contribution in [3.05, 3.63) is 66.2 Å². The van der Waals surface area contributed by atoms with Gasteiger partial charge in [0.25, 0.3) is 0 Å². The number of para-hydroxylation sites is 1. The van der Waals surface area contributed by atoms with Gasteiger partial charge >= 0.3 is 11.9 Å². The Bertz CT molecular complexity index is 586. The van der Waals surface area contributed by atoms with Gasteiger partial charge in [-0.15, -0.1) is 0 Å². The summed E-state index contributed by atoms with van der Waals surface area (Å²) in [5.41, 5.74) is 0.923. The third-order valence-corrected chi connectivity index (χ3v) is 3.08. The normalized spacial score (nSPS) is 11.5. The van der Waals surface area contributed by atoms with Crippen molar-refractivity contribution in [1.29, 1.82) is 0 Å². The Hall–Kier alpha value is -2.66. The van der Waals surface area contributed by atoms with Crippen molar-refractivity contribution in [2.24, 2.45) is 0 Å². The summed E-state index contributed by atoms with van der Waals surface area (Å²) in [6, 6.07) is 18.4. The van der Waals surface area contributed by atoms with E-state index in [1.807, 2.05) is 48.5 Å². The molecule has 120 valence electrons. The Labute approximate surface area is 135 Å². The predicted molar refractivity (Wildman–Crippen MR) is 86.0 cm³/mol. The summed E-state index contributed by atoms with van der Waals surface area (Å²) in [7, 11) is 1.60. The van der Waals surface area contributed by atoms with Crippen molar-refractivity contribution in [3.63, 3.8) is 0 Å². The number of likely N-dealkylation sites (N-methyl/N-ethyl adjacent to an activating group) is 1. The Balaban J connectivity index is 2.10. The first-order valence-electron chi connectivity index (χ1n) is 7.34. The molecule has 0 aliphatic heterocycles. The number of hydrogen-bond acceptors (Lipinski definition) is 5. The fraction of sp³-hybridized carbons (Fsp3) is 0.222. The van der Waals surface area contributed by atoms with Crippen LogP contribution in [0, 0.1) is 0 Å². The lowest BCUT2D eigenvalue weighted by atomic mass is 10.1. The van der Waals surface area contributed by atoms with Gasteiger partial charge in [-0.05, 0) is 24.7 Å². The van der Waals surface area contributed by atoms with Crippen LogP contribution in [0.25, 0.3) is 0 Å². The van der Waals surface area contributed by atoms with Crippen molar-refractivity contribution < 1.29 is 19.1 Å². The molecule has 1 N–H and O–H groups in total. The summed E-state index contributed by atoms with van der Waals surface area (Å²) in [6.07, 6.45) is -0.567. The molecular formula is C18H19NO4. The number of ether oxygens (including phenoxy) is 2. The molecule has 2 aromatic rings. The first kappa shape index (κ1) is 16.7. The maximum atomic E-state index is 12.2. The Morgan fingerprint density at radius 2 is 1.61 bits per heavy atom. The van der Waals surface area contributed by atoms with Gasteiger partial charge in [-0.25, -0.2) is 4.79 Å². The SMILES string of the molecule is CNCC(=O)OC(=O)C(Cc1ccccc1)Oc1ccccc1. The van der Waals surface area contributed by atoms with Gasteiger partial charge in [0.05, 0.1) is 6.54 Å². The van der Waals surface area contributed by atoms with E-state index in [9.17, 15) is 9.59 Å². The molecule has 0 saturated carbocycles. The minimum absolute atomic E-state index is 0.0326. The summed E-state index contributed by atoms with van der Waals surface area (Å²) in [4.78, 5) is 23.7. The average Bonchev–Trinajstić information content (AvgIpc) is 2.56. The average molecular weight is 313 g/mol. The molecule has 5 nitrogen and oxygen atoms in total. The first-order valence-corrected chi connectivity index (χ1v) is 7.34. The number of benzene rings is 2. The van der Waals surface area contributed by atoms with E-state index in [0.717, 1.165) is 5.56 Å². The van der Waals surface area contributed by atoms with Gasteiger partial charge in [0.15, 0.2) is 6.10 Å². The van der Waals surface area contributed by atoms with Gasteiger partial charge in [0.2, 0.25) is 0 Å². The first-order chi connectivity index (χ1) is 11.2. The highest BCUT2D eigenvalue weighted by atomic mass is 16.6. The molecule has 0 aliphatic rings. The van der Waals surface area contributed by atoms with Crippen molar-refractivity contribution in [2.75, 3.05) is 13.6 Å². The van der Waals surface area contributed by atoms with Crippen LogP contribution in [-0.4, -0.2) is 31.6 Å². The quantitative estimate of drug-likeness (QED) is 0.625. The molecule has 1 unspecified atom stereocenters. The van der Waals surface area contributed by atoms with E-state index in [1.165, 1.54) is 0 Å².